The Labute approximate surface area is 190 Å². The Morgan fingerprint density at radius 3 is 2.24 bits per heavy atom. The second-order valence-electron chi connectivity index (χ2n) is 8.14. The number of imide groups is 2. The zero-order valence-electron chi connectivity index (χ0n) is 18.2. The van der Waals surface area contributed by atoms with Gasteiger partial charge < -0.3 is 4.57 Å². The van der Waals surface area contributed by atoms with Gasteiger partial charge in [0.05, 0.1) is 5.69 Å². The van der Waals surface area contributed by atoms with Crippen molar-refractivity contribution in [1.82, 2.24) is 9.88 Å². The first-order valence-electron chi connectivity index (χ1n) is 10.6. The Morgan fingerprint density at radius 2 is 1.48 bits per heavy atom. The van der Waals surface area contributed by atoms with Gasteiger partial charge in [-0.15, -0.1) is 0 Å². The van der Waals surface area contributed by atoms with Gasteiger partial charge in [-0.1, -0.05) is 36.4 Å². The molecule has 1 saturated heterocycles. The number of hydrogen-bond donors (Lipinski definition) is 1. The van der Waals surface area contributed by atoms with Crippen molar-refractivity contribution in [3.8, 4) is 5.69 Å². The molecule has 33 heavy (non-hydrogen) atoms. The topological polar surface area (TPSA) is 71.4 Å². The summed E-state index contributed by atoms with van der Waals surface area (Å²) in [5.74, 6) is -1.36. The average Bonchev–Trinajstić information content (AvgIpc) is 3.24. The maximum absolute atomic E-state index is 13.3. The molecule has 6 nitrogen and oxygen atoms in total. The van der Waals surface area contributed by atoms with Crippen LogP contribution in [-0.4, -0.2) is 22.4 Å². The number of carbonyl (C=O) groups is 3. The zero-order valence-corrected chi connectivity index (χ0v) is 18.2. The monoisotopic (exact) mass is 435 g/mol. The average molecular weight is 435 g/mol. The first-order valence-corrected chi connectivity index (χ1v) is 10.6. The lowest BCUT2D eigenvalue weighted by Gasteiger charge is -2.27. The summed E-state index contributed by atoms with van der Waals surface area (Å²) >= 11 is 0. The molecule has 0 aliphatic carbocycles. The van der Waals surface area contributed by atoms with Crippen LogP contribution in [0, 0.1) is 13.8 Å². The van der Waals surface area contributed by atoms with Crippen molar-refractivity contribution in [2.24, 2.45) is 0 Å². The lowest BCUT2D eigenvalue weighted by atomic mass is 10.1. The molecule has 1 fully saturated rings. The maximum Gasteiger partial charge on any atom is 0.335 e. The van der Waals surface area contributed by atoms with E-state index in [1.54, 1.807) is 12.1 Å². The standard InChI is InChI=1S/C27H21N3O3/c1-17-12-18(2)14-23(13-17)30-26(32)24(25(31)28-27(30)33)16-21-8-5-11-29(21)22-10-9-19-6-3-4-7-20(19)15-22/h3-16H,1-2H3,(H,28,31,33)/b24-16+. The number of hydrogen-bond acceptors (Lipinski definition) is 3. The third-order valence-electron chi connectivity index (χ3n) is 5.65. The van der Waals surface area contributed by atoms with E-state index >= 15 is 0 Å². The third-order valence-corrected chi connectivity index (χ3v) is 5.65. The number of amides is 4. The molecule has 0 spiro atoms. The van der Waals surface area contributed by atoms with Crippen LogP contribution in [0.3, 0.4) is 0 Å². The molecule has 162 valence electrons. The normalized spacial score (nSPS) is 15.4. The van der Waals surface area contributed by atoms with E-state index in [0.717, 1.165) is 32.5 Å². The summed E-state index contributed by atoms with van der Waals surface area (Å²) in [5.41, 5.74) is 3.71. The van der Waals surface area contributed by atoms with Gasteiger partial charge in [-0.2, -0.15) is 0 Å². The Morgan fingerprint density at radius 1 is 0.758 bits per heavy atom. The van der Waals surface area contributed by atoms with E-state index in [-0.39, 0.29) is 5.57 Å². The summed E-state index contributed by atoms with van der Waals surface area (Å²) in [6.45, 7) is 3.78. The SMILES string of the molecule is Cc1cc(C)cc(N2C(=O)NC(=O)/C(=C\c3cccn3-c3ccc4ccccc4c3)C2=O)c1. The molecule has 0 radical (unpaired) electrons. The zero-order chi connectivity index (χ0) is 23.1. The van der Waals surface area contributed by atoms with Crippen molar-refractivity contribution in [3.63, 3.8) is 0 Å². The van der Waals surface area contributed by atoms with Crippen LogP contribution in [-0.2, 0) is 9.59 Å². The van der Waals surface area contributed by atoms with Crippen LogP contribution in [0.2, 0.25) is 0 Å². The van der Waals surface area contributed by atoms with Crippen molar-refractivity contribution >= 4 is 40.4 Å². The number of carbonyl (C=O) groups excluding carboxylic acids is 3. The van der Waals surface area contributed by atoms with Crippen molar-refractivity contribution in [3.05, 3.63) is 101 Å². The lowest BCUT2D eigenvalue weighted by Crippen LogP contribution is -2.54. The van der Waals surface area contributed by atoms with E-state index in [9.17, 15) is 14.4 Å². The Hall–Kier alpha value is -4.45. The molecular weight excluding hydrogens is 414 g/mol. The van der Waals surface area contributed by atoms with Crippen LogP contribution in [0.15, 0.2) is 84.6 Å². The fourth-order valence-electron chi connectivity index (χ4n) is 4.19. The van der Waals surface area contributed by atoms with E-state index in [0.29, 0.717) is 11.4 Å². The summed E-state index contributed by atoms with van der Waals surface area (Å²) in [7, 11) is 0. The number of fused-ring (bicyclic) bond motifs is 1. The minimum absolute atomic E-state index is 0.102. The predicted octanol–water partition coefficient (Wildman–Crippen LogP) is 4.91. The molecule has 2 heterocycles. The predicted molar refractivity (Wildman–Crippen MR) is 128 cm³/mol. The summed E-state index contributed by atoms with van der Waals surface area (Å²) in [6, 6.07) is 22.5. The number of nitrogens with one attached hydrogen (secondary N) is 1. The second-order valence-corrected chi connectivity index (χ2v) is 8.14. The molecule has 6 heteroatoms. The van der Waals surface area contributed by atoms with Crippen LogP contribution in [0.25, 0.3) is 22.5 Å². The maximum atomic E-state index is 13.3. The number of aromatic nitrogens is 1. The van der Waals surface area contributed by atoms with Crippen molar-refractivity contribution in [2.75, 3.05) is 4.90 Å². The molecule has 0 saturated carbocycles. The number of nitrogens with zero attached hydrogens (tertiary/aromatic N) is 2. The minimum atomic E-state index is -0.753. The smallest absolute Gasteiger partial charge is 0.317 e. The lowest BCUT2D eigenvalue weighted by molar-refractivity contribution is -0.122. The van der Waals surface area contributed by atoms with Crippen LogP contribution in [0.4, 0.5) is 10.5 Å². The van der Waals surface area contributed by atoms with Gasteiger partial charge in [-0.05, 0) is 78.2 Å². The molecular formula is C27H21N3O3. The van der Waals surface area contributed by atoms with Crippen LogP contribution < -0.4 is 10.2 Å². The molecule has 4 aromatic rings. The number of anilines is 1. The van der Waals surface area contributed by atoms with Crippen LogP contribution in [0.1, 0.15) is 16.8 Å². The molecule has 4 amide bonds. The molecule has 3 aromatic carbocycles. The van der Waals surface area contributed by atoms with Crippen molar-refractivity contribution in [2.45, 2.75) is 13.8 Å². The molecule has 1 N–H and O–H groups in total. The van der Waals surface area contributed by atoms with E-state index in [4.69, 9.17) is 0 Å². The fourth-order valence-corrected chi connectivity index (χ4v) is 4.19. The van der Waals surface area contributed by atoms with Crippen LogP contribution >= 0.6 is 0 Å². The molecule has 1 aliphatic rings. The Kier molecular flexibility index (Phi) is 4.90. The summed E-state index contributed by atoms with van der Waals surface area (Å²) in [4.78, 5) is 39.5. The number of benzene rings is 3. The van der Waals surface area contributed by atoms with Gasteiger partial charge in [0, 0.05) is 17.6 Å². The Bertz CT molecular complexity index is 1460. The van der Waals surface area contributed by atoms with Crippen molar-refractivity contribution < 1.29 is 14.4 Å². The number of barbiturate groups is 1. The van der Waals surface area contributed by atoms with E-state index < -0.39 is 17.8 Å². The highest BCUT2D eigenvalue weighted by Crippen LogP contribution is 2.26. The highest BCUT2D eigenvalue weighted by molar-refractivity contribution is 6.39. The van der Waals surface area contributed by atoms with Gasteiger partial charge in [-0.25, -0.2) is 9.69 Å². The second kappa shape index (κ2) is 7.91. The van der Waals surface area contributed by atoms with Gasteiger partial charge >= 0.3 is 6.03 Å². The van der Waals surface area contributed by atoms with Gasteiger partial charge in [0.15, 0.2) is 0 Å². The summed E-state index contributed by atoms with van der Waals surface area (Å²) < 4.78 is 1.90. The molecule has 0 bridgehead atoms. The van der Waals surface area contributed by atoms with Crippen molar-refractivity contribution in [1.29, 1.82) is 0 Å². The molecule has 0 unspecified atom stereocenters. The van der Waals surface area contributed by atoms with Crippen LogP contribution in [0.5, 0.6) is 0 Å². The molecule has 5 rings (SSSR count). The highest BCUT2D eigenvalue weighted by atomic mass is 16.2. The molecule has 0 atom stereocenters. The first kappa shape index (κ1) is 20.5. The third kappa shape index (κ3) is 3.72. The molecule has 1 aliphatic heterocycles. The van der Waals surface area contributed by atoms with E-state index in [2.05, 4.69) is 5.32 Å². The number of urea groups is 1. The first-order chi connectivity index (χ1) is 15.9. The number of rotatable bonds is 3. The summed E-state index contributed by atoms with van der Waals surface area (Å²) in [5, 5.41) is 4.50. The Balaban J connectivity index is 1.56. The quantitative estimate of drug-likeness (QED) is 0.367. The van der Waals surface area contributed by atoms with Gasteiger partial charge in [0.25, 0.3) is 11.8 Å². The minimum Gasteiger partial charge on any atom is -0.317 e. The fraction of sp³-hybridized carbons (Fsp3) is 0.0741. The van der Waals surface area contributed by atoms with Gasteiger partial charge in [0.1, 0.15) is 5.57 Å². The summed E-state index contributed by atoms with van der Waals surface area (Å²) in [6.07, 6.45) is 3.39. The highest BCUT2D eigenvalue weighted by Gasteiger charge is 2.37. The molecule has 1 aromatic heterocycles. The largest absolute Gasteiger partial charge is 0.335 e. The van der Waals surface area contributed by atoms with E-state index in [1.165, 1.54) is 6.08 Å². The van der Waals surface area contributed by atoms with E-state index in [1.807, 2.05) is 85.3 Å². The van der Waals surface area contributed by atoms with Gasteiger partial charge in [0.2, 0.25) is 0 Å². The number of aryl methyl sites for hydroxylation is 2. The van der Waals surface area contributed by atoms with Gasteiger partial charge in [-0.3, -0.25) is 14.9 Å².